The molecule has 1 aromatic carbocycles. The molecular weight excluding hydrogens is 267 g/mol. The summed E-state index contributed by atoms with van der Waals surface area (Å²) in [5, 5.41) is 1.47. The number of rotatable bonds is 2. The van der Waals surface area contributed by atoms with Gasteiger partial charge in [0.15, 0.2) is 0 Å². The molecule has 0 amide bonds. The molecule has 1 saturated carbocycles. The minimum atomic E-state index is 0.403. The second-order valence-electron chi connectivity index (χ2n) is 5.59. The molecule has 2 aliphatic rings. The number of hydrogen-bond acceptors (Lipinski definition) is 2. The van der Waals surface area contributed by atoms with Crippen LogP contribution in [0.3, 0.4) is 0 Å². The number of halogens is 2. The van der Waals surface area contributed by atoms with E-state index in [1.165, 1.54) is 12.8 Å². The van der Waals surface area contributed by atoms with Gasteiger partial charge in [-0.15, -0.1) is 0 Å². The van der Waals surface area contributed by atoms with Crippen molar-refractivity contribution in [2.45, 2.75) is 25.4 Å². The zero-order valence-electron chi connectivity index (χ0n) is 10.3. The summed E-state index contributed by atoms with van der Waals surface area (Å²) in [6.07, 6.45) is 2.49. The second kappa shape index (κ2) is 5.01. The van der Waals surface area contributed by atoms with Crippen LogP contribution in [0.4, 0.5) is 0 Å². The number of fused-ring (bicyclic) bond motifs is 1. The molecule has 2 N–H and O–H groups in total. The zero-order chi connectivity index (χ0) is 12.7. The van der Waals surface area contributed by atoms with Crippen molar-refractivity contribution in [1.29, 1.82) is 0 Å². The molecule has 1 heterocycles. The summed E-state index contributed by atoms with van der Waals surface area (Å²) >= 11 is 12.1. The van der Waals surface area contributed by atoms with Crippen LogP contribution in [0.15, 0.2) is 18.2 Å². The molecule has 0 aromatic heterocycles. The van der Waals surface area contributed by atoms with E-state index in [-0.39, 0.29) is 0 Å². The van der Waals surface area contributed by atoms with Crippen LogP contribution in [-0.4, -0.2) is 24.0 Å². The van der Waals surface area contributed by atoms with Gasteiger partial charge in [0.25, 0.3) is 0 Å². The van der Waals surface area contributed by atoms with Gasteiger partial charge in [-0.3, -0.25) is 4.90 Å². The molecule has 2 fully saturated rings. The Balaban J connectivity index is 1.68. The van der Waals surface area contributed by atoms with E-state index in [4.69, 9.17) is 28.9 Å². The highest BCUT2D eigenvalue weighted by atomic mass is 35.5. The number of nitrogens with two attached hydrogens (primary N) is 1. The highest BCUT2D eigenvalue weighted by Crippen LogP contribution is 2.38. The van der Waals surface area contributed by atoms with Gasteiger partial charge in [0.05, 0.1) is 0 Å². The summed E-state index contributed by atoms with van der Waals surface area (Å²) in [6, 6.07) is 6.16. The predicted octanol–water partition coefficient (Wildman–Crippen LogP) is 3.16. The Kier molecular flexibility index (Phi) is 3.55. The summed E-state index contributed by atoms with van der Waals surface area (Å²) in [5.41, 5.74) is 7.32. The Morgan fingerprint density at radius 3 is 2.78 bits per heavy atom. The quantitative estimate of drug-likeness (QED) is 0.904. The molecule has 0 radical (unpaired) electrons. The van der Waals surface area contributed by atoms with Crippen molar-refractivity contribution < 1.29 is 0 Å². The lowest BCUT2D eigenvalue weighted by molar-refractivity contribution is 0.298. The topological polar surface area (TPSA) is 29.3 Å². The average molecular weight is 285 g/mol. The van der Waals surface area contributed by atoms with E-state index in [2.05, 4.69) is 4.90 Å². The first kappa shape index (κ1) is 12.7. The lowest BCUT2D eigenvalue weighted by atomic mass is 9.98. The summed E-state index contributed by atoms with van der Waals surface area (Å²) < 4.78 is 0. The van der Waals surface area contributed by atoms with Crippen molar-refractivity contribution in [3.05, 3.63) is 33.8 Å². The van der Waals surface area contributed by atoms with Crippen molar-refractivity contribution in [1.82, 2.24) is 4.90 Å². The fourth-order valence-corrected chi connectivity index (χ4v) is 3.89. The molecule has 18 heavy (non-hydrogen) atoms. The van der Waals surface area contributed by atoms with Gasteiger partial charge in [0.1, 0.15) is 0 Å². The van der Waals surface area contributed by atoms with Crippen molar-refractivity contribution in [3.8, 4) is 0 Å². The zero-order valence-corrected chi connectivity index (χ0v) is 11.8. The number of benzene rings is 1. The molecule has 0 bridgehead atoms. The van der Waals surface area contributed by atoms with E-state index < -0.39 is 0 Å². The lowest BCUT2D eigenvalue weighted by Crippen LogP contribution is -2.30. The van der Waals surface area contributed by atoms with E-state index in [0.29, 0.717) is 17.0 Å². The van der Waals surface area contributed by atoms with Gasteiger partial charge < -0.3 is 5.73 Å². The van der Waals surface area contributed by atoms with Crippen LogP contribution in [0.25, 0.3) is 0 Å². The molecule has 1 aromatic rings. The molecule has 1 saturated heterocycles. The van der Waals surface area contributed by atoms with Crippen molar-refractivity contribution >= 4 is 23.2 Å². The highest BCUT2D eigenvalue weighted by Gasteiger charge is 2.40. The SMILES string of the molecule is NC1CCC2CN(Cc3ccc(Cl)cc3Cl)CC12. The number of hydrogen-bond donors (Lipinski definition) is 1. The molecule has 1 aliphatic carbocycles. The maximum absolute atomic E-state index is 6.22. The molecule has 2 nitrogen and oxygen atoms in total. The smallest absolute Gasteiger partial charge is 0.0465 e. The summed E-state index contributed by atoms with van der Waals surface area (Å²) in [4.78, 5) is 2.48. The monoisotopic (exact) mass is 284 g/mol. The van der Waals surface area contributed by atoms with Crippen molar-refractivity contribution in [2.24, 2.45) is 17.6 Å². The maximum Gasteiger partial charge on any atom is 0.0465 e. The van der Waals surface area contributed by atoms with Gasteiger partial charge in [-0.05, 0) is 42.4 Å². The molecule has 0 spiro atoms. The second-order valence-corrected chi connectivity index (χ2v) is 6.44. The van der Waals surface area contributed by atoms with Gasteiger partial charge in [-0.1, -0.05) is 29.3 Å². The van der Waals surface area contributed by atoms with Crippen molar-refractivity contribution in [2.75, 3.05) is 13.1 Å². The summed E-state index contributed by atoms with van der Waals surface area (Å²) in [5.74, 6) is 1.49. The highest BCUT2D eigenvalue weighted by molar-refractivity contribution is 6.35. The normalized spacial score (nSPS) is 31.8. The standard InChI is InChI=1S/C14H18Cl2N2/c15-11-3-1-10(13(16)5-11)7-18-6-9-2-4-14(17)12(9)8-18/h1,3,5,9,12,14H,2,4,6-8,17H2. The average Bonchev–Trinajstić information content (AvgIpc) is 2.86. The fraction of sp³-hybridized carbons (Fsp3) is 0.571. The van der Waals surface area contributed by atoms with Crippen LogP contribution in [0.2, 0.25) is 10.0 Å². The molecule has 3 unspecified atom stereocenters. The summed E-state index contributed by atoms with van der Waals surface area (Å²) in [7, 11) is 0. The van der Waals surface area contributed by atoms with Crippen LogP contribution in [0, 0.1) is 11.8 Å². The molecule has 3 atom stereocenters. The summed E-state index contributed by atoms with van der Waals surface area (Å²) in [6.45, 7) is 3.19. The largest absolute Gasteiger partial charge is 0.327 e. The molecular formula is C14H18Cl2N2. The molecule has 4 heteroatoms. The van der Waals surface area contributed by atoms with E-state index >= 15 is 0 Å². The third kappa shape index (κ3) is 2.39. The van der Waals surface area contributed by atoms with E-state index in [1.807, 2.05) is 18.2 Å². The first-order valence-corrected chi connectivity index (χ1v) is 7.31. The fourth-order valence-electron chi connectivity index (χ4n) is 3.42. The number of nitrogens with zero attached hydrogens (tertiary/aromatic N) is 1. The maximum atomic E-state index is 6.22. The minimum absolute atomic E-state index is 0.403. The van der Waals surface area contributed by atoms with Gasteiger partial charge in [-0.2, -0.15) is 0 Å². The lowest BCUT2D eigenvalue weighted by Gasteiger charge is -2.19. The Bertz CT molecular complexity index is 449. The van der Waals surface area contributed by atoms with Crippen LogP contribution < -0.4 is 5.73 Å². The van der Waals surface area contributed by atoms with Gasteiger partial charge in [0, 0.05) is 35.7 Å². The Hall–Kier alpha value is -0.280. The van der Waals surface area contributed by atoms with Crippen LogP contribution >= 0.6 is 23.2 Å². The van der Waals surface area contributed by atoms with E-state index in [1.54, 1.807) is 0 Å². The van der Waals surface area contributed by atoms with Crippen LogP contribution in [0.5, 0.6) is 0 Å². The number of likely N-dealkylation sites (tertiary alicyclic amines) is 1. The van der Waals surface area contributed by atoms with Crippen LogP contribution in [0.1, 0.15) is 18.4 Å². The molecule has 1 aliphatic heterocycles. The third-order valence-corrected chi connectivity index (χ3v) is 4.98. The van der Waals surface area contributed by atoms with Crippen molar-refractivity contribution in [3.63, 3.8) is 0 Å². The minimum Gasteiger partial charge on any atom is -0.327 e. The van der Waals surface area contributed by atoms with E-state index in [9.17, 15) is 0 Å². The van der Waals surface area contributed by atoms with Gasteiger partial charge >= 0.3 is 0 Å². The van der Waals surface area contributed by atoms with Gasteiger partial charge in [0.2, 0.25) is 0 Å². The Morgan fingerprint density at radius 1 is 1.22 bits per heavy atom. The Labute approximate surface area is 118 Å². The Morgan fingerprint density at radius 2 is 2.06 bits per heavy atom. The molecule has 98 valence electrons. The first-order valence-electron chi connectivity index (χ1n) is 6.55. The molecule has 3 rings (SSSR count). The van der Waals surface area contributed by atoms with Gasteiger partial charge in [-0.25, -0.2) is 0 Å². The van der Waals surface area contributed by atoms with Crippen LogP contribution in [-0.2, 0) is 6.54 Å². The first-order chi connectivity index (χ1) is 8.63. The predicted molar refractivity (Wildman–Crippen MR) is 75.9 cm³/mol. The van der Waals surface area contributed by atoms with E-state index in [0.717, 1.165) is 36.1 Å². The third-order valence-electron chi connectivity index (χ3n) is 4.40.